The molecule has 0 aromatic rings. The first-order chi connectivity index (χ1) is 4.63. The average Bonchev–Trinajstić information content (AvgIpc) is 1.93. The monoisotopic (exact) mass is 178 g/mol. The predicted molar refractivity (Wildman–Crippen MR) is 38.7 cm³/mol. The van der Waals surface area contributed by atoms with Gasteiger partial charge in [-0.25, -0.2) is 13.2 Å². The standard InChI is InChI=1S/C5H6F4.Al.Li.2H/c1-3(7)5(9)4(8)2-6;;;;/h2-5H,1H2;;;;. The van der Waals surface area contributed by atoms with Gasteiger partial charge in [-0.15, -0.1) is 0 Å². The summed E-state index contributed by atoms with van der Waals surface area (Å²) >= 11 is -1.35. The second kappa shape index (κ2) is 4.77. The number of rotatable bonds is 0. The Bertz CT molecular complexity index is 111. The van der Waals surface area contributed by atoms with Crippen molar-refractivity contribution in [3.05, 3.63) is 0 Å². The summed E-state index contributed by atoms with van der Waals surface area (Å²) in [6.07, 6.45) is -6.18. The molecule has 6 heteroatoms. The molecule has 4 atom stereocenters. The van der Waals surface area contributed by atoms with E-state index in [1.165, 1.54) is 0 Å². The van der Waals surface area contributed by atoms with Gasteiger partial charge < -0.3 is 0 Å². The number of hydrogen-bond acceptors (Lipinski definition) is 0. The molecule has 0 radical (unpaired) electrons. The second-order valence-corrected chi connectivity index (χ2v) is 4.43. The Balaban J connectivity index is 0.000001000. The van der Waals surface area contributed by atoms with Gasteiger partial charge in [-0.1, -0.05) is 5.28 Å². The van der Waals surface area contributed by atoms with Crippen LogP contribution in [-0.2, 0) is 0 Å². The molecule has 4 unspecified atom stereocenters. The summed E-state index contributed by atoms with van der Waals surface area (Å²) in [7, 11) is 0. The van der Waals surface area contributed by atoms with E-state index in [-0.39, 0.29) is 24.1 Å². The van der Waals surface area contributed by atoms with Crippen LogP contribution in [0.15, 0.2) is 0 Å². The van der Waals surface area contributed by atoms with Gasteiger partial charge in [0.2, 0.25) is 0 Å². The summed E-state index contributed by atoms with van der Waals surface area (Å²) in [4.78, 5) is 0. The summed E-state index contributed by atoms with van der Waals surface area (Å²) in [6.45, 7) is 0. The van der Waals surface area contributed by atoms with E-state index in [4.69, 9.17) is 0 Å². The predicted octanol–water partition coefficient (Wildman–Crippen LogP) is 0.516. The van der Waals surface area contributed by atoms with Gasteiger partial charge in [-0.05, 0) is 0 Å². The third-order valence-electron chi connectivity index (χ3n) is 1.71. The van der Waals surface area contributed by atoms with E-state index in [2.05, 4.69) is 0 Å². The first-order valence-corrected chi connectivity index (χ1v) is 5.01. The van der Waals surface area contributed by atoms with Crippen molar-refractivity contribution in [2.24, 2.45) is 0 Å². The molecule has 0 aliphatic carbocycles. The van der Waals surface area contributed by atoms with Crippen LogP contribution in [-0.4, -0.2) is 57.6 Å². The zero-order valence-corrected chi connectivity index (χ0v) is 6.65. The van der Waals surface area contributed by atoms with Crippen molar-refractivity contribution in [2.75, 3.05) is 0 Å². The molecule has 0 aromatic carbocycles. The van der Waals surface area contributed by atoms with Gasteiger partial charge in [0.15, 0.2) is 12.3 Å². The first-order valence-electron chi connectivity index (χ1n) is 3.19. The second-order valence-electron chi connectivity index (χ2n) is 2.50. The molecule has 1 saturated heterocycles. The van der Waals surface area contributed by atoms with Gasteiger partial charge >= 0.3 is 18.9 Å². The first kappa shape index (κ1) is 11.8. The van der Waals surface area contributed by atoms with Gasteiger partial charge in [0.1, 0.15) is 6.17 Å². The molecule has 0 bridgehead atoms. The number of hydrogen-bond donors (Lipinski definition) is 0. The SMILES string of the molecule is FC1[CH2][AlH][CH](F)C(F)C1F.[LiH]. The van der Waals surface area contributed by atoms with Crippen molar-refractivity contribution >= 4 is 34.1 Å². The van der Waals surface area contributed by atoms with Crippen molar-refractivity contribution in [1.82, 2.24) is 0 Å². The van der Waals surface area contributed by atoms with Crippen LogP contribution in [0.2, 0.25) is 5.28 Å². The Morgan fingerprint density at radius 3 is 2.00 bits per heavy atom. The molecule has 0 amide bonds. The fraction of sp³-hybridized carbons (Fsp3) is 1.00. The van der Waals surface area contributed by atoms with E-state index >= 15 is 0 Å². The molecule has 60 valence electrons. The van der Waals surface area contributed by atoms with Gasteiger partial charge in [0.05, 0.1) is 5.03 Å². The summed E-state index contributed by atoms with van der Waals surface area (Å²) in [5, 5.41) is -1.75. The van der Waals surface area contributed by atoms with Crippen molar-refractivity contribution < 1.29 is 17.6 Å². The summed E-state index contributed by atoms with van der Waals surface area (Å²) in [5.74, 6) is 0. The molecular weight excluding hydrogens is 170 g/mol. The Morgan fingerprint density at radius 1 is 1.00 bits per heavy atom. The van der Waals surface area contributed by atoms with Crippen molar-refractivity contribution in [3.8, 4) is 0 Å². The van der Waals surface area contributed by atoms with Crippen molar-refractivity contribution in [2.45, 2.75) is 28.8 Å². The number of alkyl halides is 4. The van der Waals surface area contributed by atoms with E-state index < -0.39 is 38.8 Å². The van der Waals surface area contributed by atoms with Crippen LogP contribution in [0.4, 0.5) is 17.6 Å². The Morgan fingerprint density at radius 2 is 1.55 bits per heavy atom. The fourth-order valence-corrected chi connectivity index (χ4v) is 2.57. The van der Waals surface area contributed by atoms with Crippen LogP contribution in [0.25, 0.3) is 0 Å². The Hall–Kier alpha value is 0.850. The van der Waals surface area contributed by atoms with Gasteiger partial charge in [0.25, 0.3) is 15.2 Å². The van der Waals surface area contributed by atoms with Gasteiger partial charge in [-0.3, -0.25) is 4.39 Å². The quantitative estimate of drug-likeness (QED) is 0.374. The van der Waals surface area contributed by atoms with Crippen molar-refractivity contribution in [3.63, 3.8) is 0 Å². The van der Waals surface area contributed by atoms with E-state index in [0.29, 0.717) is 0 Å². The topological polar surface area (TPSA) is 0 Å². The Kier molecular flexibility index (Phi) is 5.14. The minimum absolute atomic E-state index is 0. The molecule has 1 heterocycles. The molecule has 1 fully saturated rings. The average molecular weight is 178 g/mol. The molecule has 1 aliphatic heterocycles. The summed E-state index contributed by atoms with van der Waals surface area (Å²) < 4.78 is 49.1. The maximum atomic E-state index is 12.3. The van der Waals surface area contributed by atoms with Crippen LogP contribution in [0.1, 0.15) is 0 Å². The van der Waals surface area contributed by atoms with E-state index in [1.807, 2.05) is 0 Å². The zero-order valence-electron chi connectivity index (χ0n) is 5.24. The summed E-state index contributed by atoms with van der Waals surface area (Å²) in [5.41, 5.74) is 0. The van der Waals surface area contributed by atoms with Crippen LogP contribution in [0, 0.1) is 0 Å². The third-order valence-corrected chi connectivity index (χ3v) is 3.60. The minimum atomic E-state index is -2.23. The van der Waals surface area contributed by atoms with Gasteiger partial charge in [-0.2, -0.15) is 0 Å². The fourth-order valence-electron chi connectivity index (χ4n) is 1.04. The van der Waals surface area contributed by atoms with Crippen LogP contribution in [0.5, 0.6) is 0 Å². The maximum absolute atomic E-state index is 12.3. The molecule has 0 nitrogen and oxygen atoms in total. The molecule has 0 aromatic heterocycles. The molecule has 0 N–H and O–H groups in total. The summed E-state index contributed by atoms with van der Waals surface area (Å²) in [6, 6.07) is 0. The zero-order chi connectivity index (χ0) is 7.72. The van der Waals surface area contributed by atoms with Crippen LogP contribution < -0.4 is 0 Å². The molecule has 0 spiro atoms. The van der Waals surface area contributed by atoms with Crippen LogP contribution in [0.3, 0.4) is 0 Å². The van der Waals surface area contributed by atoms with Crippen molar-refractivity contribution in [1.29, 1.82) is 0 Å². The van der Waals surface area contributed by atoms with E-state index in [0.717, 1.165) is 0 Å². The van der Waals surface area contributed by atoms with E-state index in [9.17, 15) is 17.6 Å². The normalized spacial score (nSPS) is 44.0. The molecule has 1 aliphatic rings. The molecule has 11 heavy (non-hydrogen) atoms. The Labute approximate surface area is 80.6 Å². The third kappa shape index (κ3) is 2.67. The van der Waals surface area contributed by atoms with E-state index in [1.54, 1.807) is 0 Å². The molecule has 1 rings (SSSR count). The molecule has 0 saturated carbocycles. The number of halogens is 4. The van der Waals surface area contributed by atoms with Gasteiger partial charge in [0, 0.05) is 0 Å². The molecular formula is C5H8AlF4Li. The van der Waals surface area contributed by atoms with Crippen LogP contribution >= 0.6 is 0 Å².